The molecule has 1 atom stereocenters. The second kappa shape index (κ2) is 12.7. The van der Waals surface area contributed by atoms with Gasteiger partial charge < -0.3 is 10.2 Å². The molecule has 0 radical (unpaired) electrons. The lowest BCUT2D eigenvalue weighted by Crippen LogP contribution is -2.36. The summed E-state index contributed by atoms with van der Waals surface area (Å²) in [6.45, 7) is 5.29. The molecule has 2 aromatic carbocycles. The van der Waals surface area contributed by atoms with Gasteiger partial charge in [-0.3, -0.25) is 14.1 Å². The van der Waals surface area contributed by atoms with E-state index in [1.165, 1.54) is 29.0 Å². The number of fused-ring (bicyclic) bond motifs is 1. The summed E-state index contributed by atoms with van der Waals surface area (Å²) in [5.41, 5.74) is 6.42. The van der Waals surface area contributed by atoms with E-state index < -0.39 is 0 Å². The van der Waals surface area contributed by atoms with Gasteiger partial charge in [0.2, 0.25) is 12.4 Å². The van der Waals surface area contributed by atoms with Crippen LogP contribution in [-0.4, -0.2) is 62.7 Å². The van der Waals surface area contributed by atoms with Gasteiger partial charge in [-0.25, -0.2) is 19.3 Å². The molecule has 8 nitrogen and oxygen atoms in total. The van der Waals surface area contributed by atoms with E-state index in [2.05, 4.69) is 57.0 Å². The van der Waals surface area contributed by atoms with Crippen molar-refractivity contribution in [2.45, 2.75) is 25.9 Å². The summed E-state index contributed by atoms with van der Waals surface area (Å²) in [6, 6.07) is 22.9. The van der Waals surface area contributed by atoms with Crippen molar-refractivity contribution in [1.82, 2.24) is 29.2 Å². The zero-order valence-electron chi connectivity index (χ0n) is 23.5. The normalized spacial score (nSPS) is 13.6. The SMILES string of the molecule is CN(C)C=O.C[C@H](Nc1nccc(-c2c(-c3ccc(F)cc3)nc3cc(CN4CCC4)ccn23)n1)c1ccccc1. The molecule has 0 spiro atoms. The molecule has 0 unspecified atom stereocenters. The fraction of sp³-hybridized carbons (Fsp3) is 0.250. The molecule has 1 N–H and O–H groups in total. The molecule has 5 aromatic rings. The van der Waals surface area contributed by atoms with Crippen LogP contribution >= 0.6 is 0 Å². The van der Waals surface area contributed by atoms with E-state index in [-0.39, 0.29) is 11.9 Å². The number of likely N-dealkylation sites (tertiary alicyclic amines) is 1. The topological polar surface area (TPSA) is 78.7 Å². The van der Waals surface area contributed by atoms with Gasteiger partial charge in [0.1, 0.15) is 11.5 Å². The van der Waals surface area contributed by atoms with Crippen LogP contribution in [0, 0.1) is 5.82 Å². The Labute approximate surface area is 239 Å². The number of imidazole rings is 1. The van der Waals surface area contributed by atoms with E-state index in [1.807, 2.05) is 24.3 Å². The van der Waals surface area contributed by atoms with Crippen LogP contribution in [0.4, 0.5) is 10.3 Å². The second-order valence-corrected chi connectivity index (χ2v) is 10.3. The van der Waals surface area contributed by atoms with Crippen molar-refractivity contribution in [2.75, 3.05) is 32.5 Å². The molecule has 0 aliphatic carbocycles. The summed E-state index contributed by atoms with van der Waals surface area (Å²) in [7, 11) is 3.38. The number of amides is 1. The zero-order valence-corrected chi connectivity index (χ0v) is 23.5. The van der Waals surface area contributed by atoms with Crippen molar-refractivity contribution in [3.8, 4) is 22.6 Å². The minimum absolute atomic E-state index is 0.0456. The van der Waals surface area contributed by atoms with E-state index in [4.69, 9.17) is 9.97 Å². The van der Waals surface area contributed by atoms with E-state index in [9.17, 15) is 9.18 Å². The number of nitrogens with one attached hydrogen (secondary N) is 1. The Hall–Kier alpha value is -4.63. The third-order valence-corrected chi connectivity index (χ3v) is 6.92. The highest BCUT2D eigenvalue weighted by Gasteiger charge is 2.20. The Morgan fingerprint density at radius 2 is 1.76 bits per heavy atom. The van der Waals surface area contributed by atoms with Crippen LogP contribution in [0.15, 0.2) is 85.2 Å². The summed E-state index contributed by atoms with van der Waals surface area (Å²) >= 11 is 0. The molecule has 9 heteroatoms. The molecule has 1 fully saturated rings. The summed E-state index contributed by atoms with van der Waals surface area (Å²) in [5, 5.41) is 3.41. The number of pyridine rings is 1. The van der Waals surface area contributed by atoms with Gasteiger partial charge in [0, 0.05) is 38.6 Å². The number of rotatable bonds is 8. The van der Waals surface area contributed by atoms with Gasteiger partial charge in [-0.1, -0.05) is 30.3 Å². The van der Waals surface area contributed by atoms with Crippen LogP contribution in [-0.2, 0) is 11.3 Å². The first-order valence-corrected chi connectivity index (χ1v) is 13.7. The van der Waals surface area contributed by atoms with Crippen molar-refractivity contribution in [1.29, 1.82) is 0 Å². The largest absolute Gasteiger partial charge is 0.351 e. The lowest BCUT2D eigenvalue weighted by molar-refractivity contribution is -0.115. The lowest BCUT2D eigenvalue weighted by atomic mass is 10.1. The maximum absolute atomic E-state index is 13.7. The van der Waals surface area contributed by atoms with E-state index in [1.54, 1.807) is 32.4 Å². The molecule has 4 heterocycles. The highest BCUT2D eigenvalue weighted by Crippen LogP contribution is 2.33. The van der Waals surface area contributed by atoms with Gasteiger partial charge in [-0.05, 0) is 80.0 Å². The highest BCUT2D eigenvalue weighted by atomic mass is 19.1. The average Bonchev–Trinajstić information content (AvgIpc) is 3.35. The molecule has 6 rings (SSSR count). The molecule has 1 aliphatic heterocycles. The monoisotopic (exact) mass is 551 g/mol. The molecular formula is C32H34FN7O. The molecule has 1 amide bonds. The van der Waals surface area contributed by atoms with Crippen LogP contribution in [0.5, 0.6) is 0 Å². The van der Waals surface area contributed by atoms with Crippen LogP contribution in [0.25, 0.3) is 28.3 Å². The fourth-order valence-electron chi connectivity index (χ4n) is 4.62. The fourth-order valence-corrected chi connectivity index (χ4v) is 4.62. The standard InChI is InChI=1S/C29H27FN6.C3H7NO/c1-20(22-6-3-2-4-7-22)32-29-31-14-12-25(33-29)28-27(23-8-10-24(30)11-9-23)34-26-18-21(13-17-36(26)28)19-35-15-5-16-35;1-4(2)3-5/h2-4,6-14,17-18,20H,5,15-16,19H2,1H3,(H,31,32,33);3H,1-2H3/t20-;/m0./s1. The van der Waals surface area contributed by atoms with Crippen LogP contribution in [0.1, 0.15) is 30.5 Å². The average molecular weight is 552 g/mol. The Kier molecular flexibility index (Phi) is 8.64. The van der Waals surface area contributed by atoms with Crippen molar-refractivity contribution in [3.63, 3.8) is 0 Å². The number of aromatic nitrogens is 4. The number of carbonyl (C=O) groups excluding carboxylic acids is 1. The Bertz CT molecular complexity index is 1600. The number of hydrogen-bond acceptors (Lipinski definition) is 6. The summed E-state index contributed by atoms with van der Waals surface area (Å²) in [5.74, 6) is 0.266. The minimum Gasteiger partial charge on any atom is -0.351 e. The summed E-state index contributed by atoms with van der Waals surface area (Å²) in [6.07, 6.45) is 5.83. The van der Waals surface area contributed by atoms with Crippen molar-refractivity contribution < 1.29 is 9.18 Å². The van der Waals surface area contributed by atoms with Crippen LogP contribution in [0.2, 0.25) is 0 Å². The number of halogens is 1. The number of anilines is 1. The second-order valence-electron chi connectivity index (χ2n) is 10.3. The molecule has 0 saturated carbocycles. The van der Waals surface area contributed by atoms with E-state index >= 15 is 0 Å². The molecule has 210 valence electrons. The van der Waals surface area contributed by atoms with Crippen molar-refractivity contribution >= 4 is 18.0 Å². The third kappa shape index (κ3) is 6.75. The van der Waals surface area contributed by atoms with Gasteiger partial charge in [-0.2, -0.15) is 0 Å². The summed E-state index contributed by atoms with van der Waals surface area (Å²) < 4.78 is 15.8. The Balaban J connectivity index is 0.000000623. The predicted molar refractivity (Wildman–Crippen MR) is 160 cm³/mol. The first-order valence-electron chi connectivity index (χ1n) is 13.7. The highest BCUT2D eigenvalue weighted by molar-refractivity contribution is 5.80. The van der Waals surface area contributed by atoms with Gasteiger partial charge in [-0.15, -0.1) is 0 Å². The maximum Gasteiger partial charge on any atom is 0.223 e. The van der Waals surface area contributed by atoms with Gasteiger partial charge in [0.15, 0.2) is 0 Å². The van der Waals surface area contributed by atoms with Crippen LogP contribution in [0.3, 0.4) is 0 Å². The van der Waals surface area contributed by atoms with Gasteiger partial charge in [0.05, 0.1) is 23.1 Å². The third-order valence-electron chi connectivity index (χ3n) is 6.92. The quantitative estimate of drug-likeness (QED) is 0.250. The molecule has 0 bridgehead atoms. The zero-order chi connectivity index (χ0) is 28.8. The Morgan fingerprint density at radius 1 is 1.02 bits per heavy atom. The number of benzene rings is 2. The number of hydrogen-bond donors (Lipinski definition) is 1. The molecule has 41 heavy (non-hydrogen) atoms. The first-order chi connectivity index (χ1) is 19.9. The van der Waals surface area contributed by atoms with Gasteiger partial charge in [0.25, 0.3) is 0 Å². The smallest absolute Gasteiger partial charge is 0.223 e. The summed E-state index contributed by atoms with van der Waals surface area (Å²) in [4.78, 5) is 27.6. The predicted octanol–water partition coefficient (Wildman–Crippen LogP) is 5.68. The van der Waals surface area contributed by atoms with Gasteiger partial charge >= 0.3 is 0 Å². The maximum atomic E-state index is 13.7. The van der Waals surface area contributed by atoms with Crippen LogP contribution < -0.4 is 5.32 Å². The van der Waals surface area contributed by atoms with E-state index in [0.29, 0.717) is 5.95 Å². The Morgan fingerprint density at radius 3 is 2.41 bits per heavy atom. The number of nitrogens with zero attached hydrogens (tertiary/aromatic N) is 6. The molecular weight excluding hydrogens is 517 g/mol. The number of carbonyl (C=O) groups is 1. The van der Waals surface area contributed by atoms with Crippen molar-refractivity contribution in [3.05, 3.63) is 102 Å². The minimum atomic E-state index is -0.274. The lowest BCUT2D eigenvalue weighted by Gasteiger charge is -2.30. The van der Waals surface area contributed by atoms with Crippen molar-refractivity contribution in [2.24, 2.45) is 0 Å². The first kappa shape index (κ1) is 27.9. The molecule has 1 aliphatic rings. The van der Waals surface area contributed by atoms with E-state index in [0.717, 1.165) is 59.9 Å². The molecule has 1 saturated heterocycles. The molecule has 3 aromatic heterocycles.